The topological polar surface area (TPSA) is 75.7 Å². The summed E-state index contributed by atoms with van der Waals surface area (Å²) in [6.45, 7) is 1.59. The summed E-state index contributed by atoms with van der Waals surface area (Å²) in [4.78, 5) is 12.1. The van der Waals surface area contributed by atoms with E-state index in [1.54, 1.807) is 66.9 Å². The molecule has 164 valence electrons. The highest BCUT2D eigenvalue weighted by atomic mass is 32.2. The number of anilines is 1. The van der Waals surface area contributed by atoms with Crippen LogP contribution in [-0.2, 0) is 21.2 Å². The smallest absolute Gasteiger partial charge is 0.273 e. The molecule has 0 fully saturated rings. The van der Waals surface area contributed by atoms with Crippen molar-refractivity contribution in [3.63, 3.8) is 0 Å². The molecule has 3 rings (SSSR count). The zero-order valence-corrected chi connectivity index (χ0v) is 18.8. The van der Waals surface area contributed by atoms with Gasteiger partial charge in [0, 0.05) is 13.1 Å². The molecule has 3 aromatic rings. The summed E-state index contributed by atoms with van der Waals surface area (Å²) < 4.78 is 45.8. The van der Waals surface area contributed by atoms with Crippen LogP contribution in [0.3, 0.4) is 0 Å². The van der Waals surface area contributed by atoms with Crippen LogP contribution in [0.25, 0.3) is 0 Å². The lowest BCUT2D eigenvalue weighted by Gasteiger charge is -2.19. The third-order valence-electron chi connectivity index (χ3n) is 4.57. The van der Waals surface area contributed by atoms with E-state index in [0.717, 1.165) is 11.3 Å². The minimum absolute atomic E-state index is 0.204. The molecule has 0 saturated carbocycles. The molecule has 1 aromatic heterocycles. The van der Waals surface area contributed by atoms with Gasteiger partial charge in [0.1, 0.15) is 15.8 Å². The van der Waals surface area contributed by atoms with Gasteiger partial charge >= 0.3 is 0 Å². The molecule has 9 heteroatoms. The van der Waals surface area contributed by atoms with Gasteiger partial charge in [-0.2, -0.15) is 0 Å². The summed E-state index contributed by atoms with van der Waals surface area (Å²) in [6, 6.07) is 15.9. The number of halogens is 1. The Kier molecular flexibility index (Phi) is 7.29. The third-order valence-corrected chi connectivity index (χ3v) is 7.73. The number of benzene rings is 2. The summed E-state index contributed by atoms with van der Waals surface area (Å²) in [7, 11) is -2.13. The first-order chi connectivity index (χ1) is 14.8. The fourth-order valence-electron chi connectivity index (χ4n) is 2.95. The first kappa shape index (κ1) is 22.8. The fourth-order valence-corrected chi connectivity index (χ4v) is 5.30. The van der Waals surface area contributed by atoms with E-state index in [-0.39, 0.29) is 28.6 Å². The number of hydrogen-bond acceptors (Lipinski definition) is 5. The minimum atomic E-state index is -3.61. The number of nitrogens with one attached hydrogen (secondary N) is 1. The molecule has 2 aromatic carbocycles. The molecule has 1 N–H and O–H groups in total. The Labute approximate surface area is 185 Å². The second kappa shape index (κ2) is 9.93. The predicted molar refractivity (Wildman–Crippen MR) is 120 cm³/mol. The number of sulfonamides is 1. The van der Waals surface area contributed by atoms with Crippen LogP contribution in [-0.4, -0.2) is 34.0 Å². The summed E-state index contributed by atoms with van der Waals surface area (Å²) in [5.41, 5.74) is 1.01. The van der Waals surface area contributed by atoms with Gasteiger partial charge in [-0.25, -0.2) is 12.8 Å². The Morgan fingerprint density at radius 3 is 2.48 bits per heavy atom. The molecule has 0 radical (unpaired) electrons. The SMILES string of the molecule is CC(Cc1ccccc1F)NC(=O)COc1ccc(N(C)S(=O)(=O)c2cccs2)cc1. The van der Waals surface area contributed by atoms with Crippen molar-refractivity contribution in [3.8, 4) is 5.75 Å². The van der Waals surface area contributed by atoms with Crippen molar-refractivity contribution >= 4 is 33.0 Å². The highest BCUT2D eigenvalue weighted by Crippen LogP contribution is 2.26. The van der Waals surface area contributed by atoms with Gasteiger partial charge in [-0.15, -0.1) is 11.3 Å². The lowest BCUT2D eigenvalue weighted by Crippen LogP contribution is -2.37. The Morgan fingerprint density at radius 2 is 1.84 bits per heavy atom. The molecular weight excluding hydrogens is 439 g/mol. The normalized spacial score (nSPS) is 12.2. The molecule has 1 unspecified atom stereocenters. The first-order valence-corrected chi connectivity index (χ1v) is 11.9. The van der Waals surface area contributed by atoms with E-state index >= 15 is 0 Å². The van der Waals surface area contributed by atoms with Crippen LogP contribution in [0, 0.1) is 5.82 Å². The van der Waals surface area contributed by atoms with Crippen molar-refractivity contribution in [1.82, 2.24) is 5.32 Å². The van der Waals surface area contributed by atoms with Crippen LogP contribution in [0.4, 0.5) is 10.1 Å². The molecule has 0 spiro atoms. The van der Waals surface area contributed by atoms with Gasteiger partial charge in [-0.1, -0.05) is 24.3 Å². The van der Waals surface area contributed by atoms with Gasteiger partial charge in [0.2, 0.25) is 0 Å². The largest absolute Gasteiger partial charge is 0.484 e. The molecule has 31 heavy (non-hydrogen) atoms. The Balaban J connectivity index is 1.52. The lowest BCUT2D eigenvalue weighted by molar-refractivity contribution is -0.123. The van der Waals surface area contributed by atoms with E-state index in [1.807, 2.05) is 0 Å². The highest BCUT2D eigenvalue weighted by Gasteiger charge is 2.22. The number of hydrogen-bond donors (Lipinski definition) is 1. The molecule has 0 bridgehead atoms. The molecule has 0 aliphatic rings. The van der Waals surface area contributed by atoms with E-state index in [0.29, 0.717) is 23.4 Å². The number of ether oxygens (including phenoxy) is 1. The van der Waals surface area contributed by atoms with Gasteiger partial charge in [-0.3, -0.25) is 9.10 Å². The maximum Gasteiger partial charge on any atom is 0.273 e. The van der Waals surface area contributed by atoms with E-state index in [1.165, 1.54) is 17.4 Å². The third kappa shape index (κ3) is 5.83. The van der Waals surface area contributed by atoms with Gasteiger partial charge in [0.15, 0.2) is 6.61 Å². The van der Waals surface area contributed by atoms with Crippen LogP contribution >= 0.6 is 11.3 Å². The van der Waals surface area contributed by atoms with Gasteiger partial charge in [0.05, 0.1) is 5.69 Å². The average molecular weight is 463 g/mol. The van der Waals surface area contributed by atoms with Crippen molar-refractivity contribution in [3.05, 3.63) is 77.4 Å². The molecule has 6 nitrogen and oxygen atoms in total. The van der Waals surface area contributed by atoms with Gasteiger partial charge < -0.3 is 10.1 Å². The molecule has 1 heterocycles. The van der Waals surface area contributed by atoms with Crippen molar-refractivity contribution in [2.75, 3.05) is 18.0 Å². The van der Waals surface area contributed by atoms with Crippen LogP contribution in [0.1, 0.15) is 12.5 Å². The number of carbonyl (C=O) groups is 1. The summed E-state index contributed by atoms with van der Waals surface area (Å²) in [5.74, 6) is -0.195. The number of thiophene rings is 1. The van der Waals surface area contributed by atoms with E-state index < -0.39 is 10.0 Å². The maximum absolute atomic E-state index is 13.7. The van der Waals surface area contributed by atoms with Crippen molar-refractivity contribution in [2.24, 2.45) is 0 Å². The van der Waals surface area contributed by atoms with Crippen LogP contribution in [0.5, 0.6) is 5.75 Å². The van der Waals surface area contributed by atoms with Crippen LogP contribution in [0.2, 0.25) is 0 Å². The molecule has 0 aliphatic carbocycles. The highest BCUT2D eigenvalue weighted by molar-refractivity contribution is 7.94. The average Bonchev–Trinajstić information content (AvgIpc) is 3.29. The maximum atomic E-state index is 13.7. The van der Waals surface area contributed by atoms with Crippen molar-refractivity contribution < 1.29 is 22.3 Å². The molecule has 1 atom stereocenters. The minimum Gasteiger partial charge on any atom is -0.484 e. The number of rotatable bonds is 9. The summed E-state index contributed by atoms with van der Waals surface area (Å²) >= 11 is 1.15. The van der Waals surface area contributed by atoms with Gasteiger partial charge in [0.25, 0.3) is 15.9 Å². The predicted octanol–water partition coefficient (Wildman–Crippen LogP) is 3.84. The fraction of sp³-hybridized carbons (Fsp3) is 0.227. The second-order valence-corrected chi connectivity index (χ2v) is 10.1. The van der Waals surface area contributed by atoms with E-state index in [4.69, 9.17) is 4.74 Å². The number of amides is 1. The zero-order valence-electron chi connectivity index (χ0n) is 17.1. The molecule has 0 saturated heterocycles. The van der Waals surface area contributed by atoms with Crippen molar-refractivity contribution in [1.29, 1.82) is 0 Å². The van der Waals surface area contributed by atoms with E-state index in [2.05, 4.69) is 5.32 Å². The second-order valence-electron chi connectivity index (χ2n) is 6.95. The number of carbonyl (C=O) groups excluding carboxylic acids is 1. The summed E-state index contributed by atoms with van der Waals surface area (Å²) in [5, 5.41) is 4.48. The summed E-state index contributed by atoms with van der Waals surface area (Å²) in [6.07, 6.45) is 0.373. The first-order valence-electron chi connectivity index (χ1n) is 9.55. The van der Waals surface area contributed by atoms with Crippen LogP contribution < -0.4 is 14.4 Å². The van der Waals surface area contributed by atoms with Gasteiger partial charge in [-0.05, 0) is 60.7 Å². The zero-order chi connectivity index (χ0) is 22.4. The lowest BCUT2D eigenvalue weighted by atomic mass is 10.1. The standard InChI is InChI=1S/C22H23FN2O4S2/c1-16(14-17-6-3-4-7-20(17)23)24-21(26)15-29-19-11-9-18(10-12-19)25(2)31(27,28)22-8-5-13-30-22/h3-13,16H,14-15H2,1-2H3,(H,24,26). The monoisotopic (exact) mass is 462 g/mol. The van der Waals surface area contributed by atoms with Crippen molar-refractivity contribution in [2.45, 2.75) is 23.6 Å². The van der Waals surface area contributed by atoms with E-state index in [9.17, 15) is 17.6 Å². The molecule has 1 amide bonds. The Hall–Kier alpha value is -2.91. The number of nitrogens with zero attached hydrogens (tertiary/aromatic N) is 1. The quantitative estimate of drug-likeness (QED) is 0.524. The Morgan fingerprint density at radius 1 is 1.13 bits per heavy atom. The molecule has 0 aliphatic heterocycles. The van der Waals surface area contributed by atoms with Crippen LogP contribution in [0.15, 0.2) is 70.3 Å². The molecular formula is C22H23FN2O4S2. The Bertz CT molecular complexity index is 1120.